The smallest absolute Gasteiger partial charge is 0.321 e. The SMILES string of the molecule is CCc1ccc(CNC(=O)CC2CCN(C(=O)Nc3cccc(Cl)c3)CC2)cc1. The van der Waals surface area contributed by atoms with E-state index in [1.165, 1.54) is 5.56 Å². The quantitative estimate of drug-likeness (QED) is 0.710. The monoisotopic (exact) mass is 413 g/mol. The third-order valence-corrected chi connectivity index (χ3v) is 5.61. The molecule has 1 saturated heterocycles. The number of benzene rings is 2. The van der Waals surface area contributed by atoms with Crippen molar-refractivity contribution in [1.82, 2.24) is 10.2 Å². The fourth-order valence-electron chi connectivity index (χ4n) is 3.54. The van der Waals surface area contributed by atoms with Crippen LogP contribution >= 0.6 is 11.6 Å². The minimum atomic E-state index is -0.120. The van der Waals surface area contributed by atoms with Crippen LogP contribution in [0.4, 0.5) is 10.5 Å². The van der Waals surface area contributed by atoms with Crippen LogP contribution in [-0.2, 0) is 17.8 Å². The first kappa shape index (κ1) is 21.2. The Labute approximate surface area is 177 Å². The molecule has 1 aliphatic heterocycles. The van der Waals surface area contributed by atoms with Crippen LogP contribution in [0.5, 0.6) is 0 Å². The zero-order valence-corrected chi connectivity index (χ0v) is 17.5. The van der Waals surface area contributed by atoms with Crippen LogP contribution in [0.2, 0.25) is 5.02 Å². The molecule has 2 aromatic carbocycles. The summed E-state index contributed by atoms with van der Waals surface area (Å²) in [6, 6.07) is 15.3. The topological polar surface area (TPSA) is 61.4 Å². The fourth-order valence-corrected chi connectivity index (χ4v) is 3.73. The van der Waals surface area contributed by atoms with Gasteiger partial charge in [-0.2, -0.15) is 0 Å². The summed E-state index contributed by atoms with van der Waals surface area (Å²) in [5.74, 6) is 0.388. The Hall–Kier alpha value is -2.53. The Morgan fingerprint density at radius 1 is 1.07 bits per heavy atom. The predicted octanol–water partition coefficient (Wildman–Crippen LogP) is 4.85. The van der Waals surface area contributed by atoms with E-state index in [2.05, 4.69) is 41.8 Å². The number of nitrogens with one attached hydrogen (secondary N) is 2. The molecule has 1 heterocycles. The van der Waals surface area contributed by atoms with E-state index in [0.29, 0.717) is 42.7 Å². The lowest BCUT2D eigenvalue weighted by Gasteiger charge is -2.31. The summed E-state index contributed by atoms with van der Waals surface area (Å²) < 4.78 is 0. The molecular formula is C23H28ClN3O2. The van der Waals surface area contributed by atoms with Gasteiger partial charge in [-0.1, -0.05) is 48.9 Å². The van der Waals surface area contributed by atoms with Crippen LogP contribution in [0, 0.1) is 5.92 Å². The van der Waals surface area contributed by atoms with Crippen molar-refractivity contribution in [2.45, 2.75) is 39.2 Å². The number of carbonyl (C=O) groups is 2. The third-order valence-electron chi connectivity index (χ3n) is 5.37. The van der Waals surface area contributed by atoms with Crippen molar-refractivity contribution in [3.63, 3.8) is 0 Å². The van der Waals surface area contributed by atoms with E-state index in [1.54, 1.807) is 23.1 Å². The Kier molecular flexibility index (Phi) is 7.53. The van der Waals surface area contributed by atoms with Gasteiger partial charge in [0.1, 0.15) is 0 Å². The number of aryl methyl sites for hydroxylation is 1. The number of piperidine rings is 1. The van der Waals surface area contributed by atoms with Gasteiger partial charge in [0.15, 0.2) is 0 Å². The van der Waals surface area contributed by atoms with Crippen molar-refractivity contribution in [3.05, 3.63) is 64.7 Å². The van der Waals surface area contributed by atoms with Crippen LogP contribution in [0.15, 0.2) is 48.5 Å². The molecule has 2 aromatic rings. The van der Waals surface area contributed by atoms with E-state index in [-0.39, 0.29) is 11.9 Å². The minimum Gasteiger partial charge on any atom is -0.352 e. The first-order valence-electron chi connectivity index (χ1n) is 10.2. The number of hydrogen-bond donors (Lipinski definition) is 2. The van der Waals surface area contributed by atoms with Crippen molar-refractivity contribution >= 4 is 29.2 Å². The van der Waals surface area contributed by atoms with Gasteiger partial charge >= 0.3 is 6.03 Å². The van der Waals surface area contributed by atoms with Gasteiger partial charge in [0.2, 0.25) is 5.91 Å². The summed E-state index contributed by atoms with van der Waals surface area (Å²) in [7, 11) is 0. The van der Waals surface area contributed by atoms with E-state index in [1.807, 2.05) is 6.07 Å². The van der Waals surface area contributed by atoms with Gasteiger partial charge < -0.3 is 15.5 Å². The Balaban J connectivity index is 1.38. The standard InChI is InChI=1S/C23H28ClN3O2/c1-2-17-6-8-19(9-7-17)16-25-22(28)14-18-10-12-27(13-11-18)23(29)26-21-5-3-4-20(24)15-21/h3-9,15,18H,2,10-14,16H2,1H3,(H,25,28)(H,26,29). The normalized spacial score (nSPS) is 14.5. The van der Waals surface area contributed by atoms with Gasteiger partial charge in [-0.15, -0.1) is 0 Å². The maximum absolute atomic E-state index is 12.4. The molecule has 0 spiro atoms. The first-order chi connectivity index (χ1) is 14.0. The van der Waals surface area contributed by atoms with Crippen LogP contribution in [-0.4, -0.2) is 29.9 Å². The molecule has 154 valence electrons. The molecule has 0 unspecified atom stereocenters. The second-order valence-electron chi connectivity index (χ2n) is 7.52. The number of hydrogen-bond acceptors (Lipinski definition) is 2. The maximum Gasteiger partial charge on any atom is 0.321 e. The van der Waals surface area contributed by atoms with Crippen LogP contribution in [0.3, 0.4) is 0 Å². The van der Waals surface area contributed by atoms with Crippen molar-refractivity contribution in [3.8, 4) is 0 Å². The maximum atomic E-state index is 12.4. The number of halogens is 1. The third kappa shape index (κ3) is 6.50. The van der Waals surface area contributed by atoms with Gasteiger partial charge in [-0.3, -0.25) is 4.79 Å². The predicted molar refractivity (Wildman–Crippen MR) is 117 cm³/mol. The van der Waals surface area contributed by atoms with Crippen LogP contribution in [0.25, 0.3) is 0 Å². The Morgan fingerprint density at radius 2 is 1.76 bits per heavy atom. The van der Waals surface area contributed by atoms with Gasteiger partial charge in [0, 0.05) is 36.8 Å². The van der Waals surface area contributed by atoms with Crippen LogP contribution in [0.1, 0.15) is 37.3 Å². The van der Waals surface area contributed by atoms with Gasteiger partial charge in [-0.25, -0.2) is 4.79 Å². The highest BCUT2D eigenvalue weighted by atomic mass is 35.5. The fraction of sp³-hybridized carbons (Fsp3) is 0.391. The summed E-state index contributed by atoms with van der Waals surface area (Å²) in [4.78, 5) is 26.5. The molecule has 0 atom stereocenters. The molecule has 6 heteroatoms. The van der Waals surface area contributed by atoms with Crippen molar-refractivity contribution in [2.75, 3.05) is 18.4 Å². The second-order valence-corrected chi connectivity index (χ2v) is 7.96. The van der Waals surface area contributed by atoms with Crippen molar-refractivity contribution in [1.29, 1.82) is 0 Å². The number of nitrogens with zero attached hydrogens (tertiary/aromatic N) is 1. The lowest BCUT2D eigenvalue weighted by Crippen LogP contribution is -2.41. The number of carbonyl (C=O) groups excluding carboxylic acids is 2. The number of rotatable bonds is 6. The van der Waals surface area contributed by atoms with E-state index in [9.17, 15) is 9.59 Å². The van der Waals surface area contributed by atoms with Crippen LogP contribution < -0.4 is 10.6 Å². The molecule has 5 nitrogen and oxygen atoms in total. The average molecular weight is 414 g/mol. The second kappa shape index (κ2) is 10.3. The summed E-state index contributed by atoms with van der Waals surface area (Å²) >= 11 is 5.96. The zero-order valence-electron chi connectivity index (χ0n) is 16.8. The minimum absolute atomic E-state index is 0.0754. The highest BCUT2D eigenvalue weighted by Crippen LogP contribution is 2.22. The highest BCUT2D eigenvalue weighted by Gasteiger charge is 2.24. The summed E-state index contributed by atoms with van der Waals surface area (Å²) in [5, 5.41) is 6.48. The highest BCUT2D eigenvalue weighted by molar-refractivity contribution is 6.30. The summed E-state index contributed by atoms with van der Waals surface area (Å²) in [6.07, 6.45) is 3.20. The van der Waals surface area contributed by atoms with E-state index in [4.69, 9.17) is 11.6 Å². The zero-order chi connectivity index (χ0) is 20.6. The van der Waals surface area contributed by atoms with E-state index >= 15 is 0 Å². The summed E-state index contributed by atoms with van der Waals surface area (Å²) in [6.45, 7) is 4.00. The average Bonchev–Trinajstić information content (AvgIpc) is 2.73. The number of anilines is 1. The van der Waals surface area contributed by atoms with Crippen molar-refractivity contribution < 1.29 is 9.59 Å². The van der Waals surface area contributed by atoms with Gasteiger partial charge in [-0.05, 0) is 54.5 Å². The molecular weight excluding hydrogens is 386 g/mol. The molecule has 0 bridgehead atoms. The molecule has 0 aliphatic carbocycles. The molecule has 0 saturated carbocycles. The van der Waals surface area contributed by atoms with Crippen molar-refractivity contribution in [2.24, 2.45) is 5.92 Å². The molecule has 1 fully saturated rings. The Morgan fingerprint density at radius 3 is 2.41 bits per heavy atom. The molecule has 2 N–H and O–H groups in total. The molecule has 1 aliphatic rings. The number of urea groups is 1. The molecule has 3 amide bonds. The van der Waals surface area contributed by atoms with Gasteiger partial charge in [0.25, 0.3) is 0 Å². The Bertz CT molecular complexity index is 830. The van der Waals surface area contributed by atoms with Gasteiger partial charge in [0.05, 0.1) is 0 Å². The number of amides is 3. The number of likely N-dealkylation sites (tertiary alicyclic amines) is 1. The lowest BCUT2D eigenvalue weighted by molar-refractivity contribution is -0.122. The largest absolute Gasteiger partial charge is 0.352 e. The molecule has 0 aromatic heterocycles. The first-order valence-corrected chi connectivity index (χ1v) is 10.6. The molecule has 0 radical (unpaired) electrons. The summed E-state index contributed by atoms with van der Waals surface area (Å²) in [5.41, 5.74) is 3.10. The van der Waals surface area contributed by atoms with E-state index < -0.39 is 0 Å². The molecule has 3 rings (SSSR count). The van der Waals surface area contributed by atoms with E-state index in [0.717, 1.165) is 24.8 Å². The lowest BCUT2D eigenvalue weighted by atomic mass is 9.93. The molecule has 29 heavy (non-hydrogen) atoms.